The van der Waals surface area contributed by atoms with Gasteiger partial charge in [-0.3, -0.25) is 5.41 Å². The third kappa shape index (κ3) is 1.20. The molecule has 2 aromatic heterocycles. The number of aryl methyl sites for hydroxylation is 1. The summed E-state index contributed by atoms with van der Waals surface area (Å²) in [6, 6.07) is 9.98. The topological polar surface area (TPSA) is 54.0 Å². The average molecular weight is 210 g/mol. The van der Waals surface area contributed by atoms with E-state index in [1.165, 1.54) is 0 Å². The van der Waals surface area contributed by atoms with Crippen molar-refractivity contribution in [3.05, 3.63) is 47.7 Å². The first-order chi connectivity index (χ1) is 7.75. The summed E-state index contributed by atoms with van der Waals surface area (Å²) < 4.78 is 1.72. The second kappa shape index (κ2) is 3.13. The van der Waals surface area contributed by atoms with Crippen LogP contribution in [0.15, 0.2) is 36.5 Å². The Hall–Kier alpha value is -2.23. The summed E-state index contributed by atoms with van der Waals surface area (Å²) in [6.07, 6.45) is 1.87. The molecule has 3 rings (SSSR count). The molecule has 2 heterocycles. The van der Waals surface area contributed by atoms with Crippen LogP contribution in [-0.4, -0.2) is 14.6 Å². The number of benzene rings is 1. The van der Waals surface area contributed by atoms with Gasteiger partial charge in [0.25, 0.3) is 0 Å². The number of pyridine rings is 1. The first-order valence-corrected chi connectivity index (χ1v) is 5.05. The molecule has 0 spiro atoms. The van der Waals surface area contributed by atoms with Gasteiger partial charge in [0.2, 0.25) is 0 Å². The first-order valence-electron chi connectivity index (χ1n) is 5.05. The normalized spacial score (nSPS) is 11.1. The van der Waals surface area contributed by atoms with Crippen molar-refractivity contribution in [3.8, 4) is 0 Å². The van der Waals surface area contributed by atoms with Crippen LogP contribution in [0.3, 0.4) is 0 Å². The fourth-order valence-corrected chi connectivity index (χ4v) is 1.78. The Morgan fingerprint density at radius 1 is 1.19 bits per heavy atom. The third-order valence-corrected chi connectivity index (χ3v) is 2.63. The summed E-state index contributed by atoms with van der Waals surface area (Å²) in [6.45, 7) is 1.79. The molecule has 0 bridgehead atoms. The van der Waals surface area contributed by atoms with Crippen LogP contribution >= 0.6 is 0 Å². The Bertz CT molecular complexity index is 743. The van der Waals surface area contributed by atoms with Crippen LogP contribution in [0.4, 0.5) is 0 Å². The smallest absolute Gasteiger partial charge is 0.170 e. The Labute approximate surface area is 91.7 Å². The Morgan fingerprint density at radius 3 is 2.88 bits per heavy atom. The van der Waals surface area contributed by atoms with Crippen molar-refractivity contribution in [2.45, 2.75) is 6.92 Å². The van der Waals surface area contributed by atoms with E-state index in [9.17, 15) is 0 Å². The fraction of sp³-hybridized carbons (Fsp3) is 0.0833. The van der Waals surface area contributed by atoms with Crippen molar-refractivity contribution in [3.63, 3.8) is 0 Å². The fourth-order valence-electron chi connectivity index (χ4n) is 1.78. The van der Waals surface area contributed by atoms with E-state index >= 15 is 0 Å². The van der Waals surface area contributed by atoms with Gasteiger partial charge in [-0.05, 0) is 18.4 Å². The van der Waals surface area contributed by atoms with Gasteiger partial charge >= 0.3 is 0 Å². The average Bonchev–Trinajstić information content (AvgIpc) is 2.31. The molecule has 0 radical (unpaired) electrons. The molecule has 4 heteroatoms. The summed E-state index contributed by atoms with van der Waals surface area (Å²) in [4.78, 5) is 4.27. The van der Waals surface area contributed by atoms with Crippen molar-refractivity contribution in [2.24, 2.45) is 0 Å². The highest BCUT2D eigenvalue weighted by molar-refractivity contribution is 5.93. The molecule has 4 nitrogen and oxygen atoms in total. The van der Waals surface area contributed by atoms with Gasteiger partial charge in [0.1, 0.15) is 5.69 Å². The minimum atomic E-state index is 0.233. The van der Waals surface area contributed by atoms with Crippen molar-refractivity contribution in [1.82, 2.24) is 14.6 Å². The maximum atomic E-state index is 7.69. The number of nitrogens with zero attached hydrogens (tertiary/aromatic N) is 3. The summed E-state index contributed by atoms with van der Waals surface area (Å²) in [5, 5.41) is 14.1. The molecule has 1 aromatic carbocycles. The quantitative estimate of drug-likeness (QED) is 0.574. The number of fused-ring (bicyclic) bond motifs is 3. The lowest BCUT2D eigenvalue weighted by atomic mass is 10.2. The van der Waals surface area contributed by atoms with Crippen LogP contribution in [0.2, 0.25) is 0 Å². The molecule has 0 amide bonds. The minimum absolute atomic E-state index is 0.233. The van der Waals surface area contributed by atoms with Crippen LogP contribution in [0.1, 0.15) is 5.69 Å². The third-order valence-electron chi connectivity index (χ3n) is 2.63. The Kier molecular flexibility index (Phi) is 1.77. The van der Waals surface area contributed by atoms with Gasteiger partial charge in [-0.25, -0.2) is 9.50 Å². The molecule has 0 saturated heterocycles. The summed E-state index contributed by atoms with van der Waals surface area (Å²) in [5.41, 5.74) is 1.60. The molecule has 0 aliphatic heterocycles. The monoisotopic (exact) mass is 210 g/mol. The van der Waals surface area contributed by atoms with E-state index in [1.54, 1.807) is 11.4 Å². The molecule has 0 aliphatic carbocycles. The largest absolute Gasteiger partial charge is 0.281 e. The minimum Gasteiger partial charge on any atom is -0.281 e. The van der Waals surface area contributed by atoms with Gasteiger partial charge in [0.05, 0.1) is 0 Å². The van der Waals surface area contributed by atoms with E-state index in [2.05, 4.69) is 10.1 Å². The number of hydrogen-bond donors (Lipinski definition) is 1. The molecule has 16 heavy (non-hydrogen) atoms. The Balaban J connectivity index is 2.60. The van der Waals surface area contributed by atoms with Gasteiger partial charge in [-0.15, -0.1) is 0 Å². The number of nitrogens with one attached hydrogen (secondary N) is 1. The summed E-state index contributed by atoms with van der Waals surface area (Å²) in [7, 11) is 0. The van der Waals surface area contributed by atoms with Gasteiger partial charge in [-0.1, -0.05) is 24.3 Å². The van der Waals surface area contributed by atoms with Crippen LogP contribution in [0.25, 0.3) is 16.4 Å². The van der Waals surface area contributed by atoms with E-state index in [4.69, 9.17) is 5.41 Å². The summed E-state index contributed by atoms with van der Waals surface area (Å²) >= 11 is 0. The molecular weight excluding hydrogens is 200 g/mol. The highest BCUT2D eigenvalue weighted by Crippen LogP contribution is 2.16. The van der Waals surface area contributed by atoms with Gasteiger partial charge in [-0.2, -0.15) is 5.10 Å². The molecule has 0 fully saturated rings. The zero-order valence-corrected chi connectivity index (χ0v) is 8.81. The summed E-state index contributed by atoms with van der Waals surface area (Å²) in [5.74, 6) is 0. The lowest BCUT2D eigenvalue weighted by Gasteiger charge is -2.04. The van der Waals surface area contributed by atoms with Gasteiger partial charge in [0, 0.05) is 11.6 Å². The molecule has 78 valence electrons. The number of rotatable bonds is 0. The van der Waals surface area contributed by atoms with Crippen molar-refractivity contribution in [2.75, 3.05) is 0 Å². The molecule has 0 atom stereocenters. The van der Waals surface area contributed by atoms with E-state index in [0.29, 0.717) is 5.69 Å². The second-order valence-electron chi connectivity index (χ2n) is 3.72. The molecule has 0 saturated carbocycles. The second-order valence-corrected chi connectivity index (χ2v) is 3.72. The van der Waals surface area contributed by atoms with Gasteiger partial charge in [0.15, 0.2) is 11.1 Å². The Morgan fingerprint density at radius 2 is 2.00 bits per heavy atom. The van der Waals surface area contributed by atoms with Crippen molar-refractivity contribution in [1.29, 1.82) is 5.41 Å². The van der Waals surface area contributed by atoms with Crippen molar-refractivity contribution < 1.29 is 0 Å². The molecular formula is C12H10N4. The van der Waals surface area contributed by atoms with Gasteiger partial charge < -0.3 is 0 Å². The SMILES string of the molecule is Cc1nn2ccc3ccccc3c2nc1=N. The predicted octanol–water partition coefficient (Wildman–Crippen LogP) is 1.67. The first kappa shape index (κ1) is 9.03. The van der Waals surface area contributed by atoms with E-state index in [1.807, 2.05) is 36.5 Å². The van der Waals surface area contributed by atoms with E-state index < -0.39 is 0 Å². The highest BCUT2D eigenvalue weighted by Gasteiger charge is 2.02. The highest BCUT2D eigenvalue weighted by atomic mass is 15.2. The van der Waals surface area contributed by atoms with Crippen LogP contribution < -0.4 is 5.49 Å². The number of aromatic nitrogens is 3. The van der Waals surface area contributed by atoms with Crippen LogP contribution in [0.5, 0.6) is 0 Å². The lowest BCUT2D eigenvalue weighted by Crippen LogP contribution is -2.16. The molecule has 0 unspecified atom stereocenters. The van der Waals surface area contributed by atoms with E-state index in [-0.39, 0.29) is 5.49 Å². The maximum absolute atomic E-state index is 7.69. The van der Waals surface area contributed by atoms with E-state index in [0.717, 1.165) is 16.4 Å². The molecule has 0 aliphatic rings. The zero-order chi connectivity index (χ0) is 11.1. The van der Waals surface area contributed by atoms with Crippen LogP contribution in [0, 0.1) is 12.3 Å². The molecule has 3 aromatic rings. The maximum Gasteiger partial charge on any atom is 0.170 e. The molecule has 1 N–H and O–H groups in total. The van der Waals surface area contributed by atoms with Crippen LogP contribution in [-0.2, 0) is 0 Å². The zero-order valence-electron chi connectivity index (χ0n) is 8.81. The number of hydrogen-bond acceptors (Lipinski definition) is 3. The predicted molar refractivity (Wildman–Crippen MR) is 61.1 cm³/mol. The van der Waals surface area contributed by atoms with Crippen molar-refractivity contribution >= 4 is 16.4 Å². The standard InChI is InChI=1S/C12H10N4/c1-8-11(13)14-12-10-5-3-2-4-9(10)6-7-16(12)15-8/h2-7,13H,1H3. The lowest BCUT2D eigenvalue weighted by molar-refractivity contribution is 0.830.